The summed E-state index contributed by atoms with van der Waals surface area (Å²) in [6, 6.07) is 9.77. The van der Waals surface area contributed by atoms with Crippen molar-refractivity contribution < 1.29 is 23.8 Å². The molecule has 0 saturated heterocycles. The number of hydrogen-bond donors (Lipinski definition) is 2. The van der Waals surface area contributed by atoms with Gasteiger partial charge < -0.3 is 19.5 Å². The van der Waals surface area contributed by atoms with Gasteiger partial charge in [-0.1, -0.05) is 0 Å². The molecule has 1 aromatic carbocycles. The minimum absolute atomic E-state index is 0. The molecule has 10 nitrogen and oxygen atoms in total. The minimum Gasteiger partial charge on any atom is -0.432 e. The van der Waals surface area contributed by atoms with Crippen molar-refractivity contribution in [2.75, 3.05) is 32.2 Å². The van der Waals surface area contributed by atoms with Gasteiger partial charge >= 0.3 is 12.2 Å². The summed E-state index contributed by atoms with van der Waals surface area (Å²) in [4.78, 5) is 36.4. The largest absolute Gasteiger partial charge is 0.513 e. The standard InChI is InChI=1S/C20H21N5O5.ClH/c1-3-21-19(26)25-17-9-8-15-18(24-17)23-16(12-22-15)13-4-6-14(7-5-13)30-20(27)29-11-10-28-2;/h4-9,12H,3,10-11H2,1-2H3,(H2,21,23,24,25,26);1H. The van der Waals surface area contributed by atoms with Crippen molar-refractivity contribution in [3.05, 3.63) is 42.6 Å². The second-order valence-corrected chi connectivity index (χ2v) is 6.00. The fourth-order valence-corrected chi connectivity index (χ4v) is 2.46. The van der Waals surface area contributed by atoms with Crippen molar-refractivity contribution in [2.45, 2.75) is 6.92 Å². The maximum Gasteiger partial charge on any atom is 0.513 e. The molecule has 31 heavy (non-hydrogen) atoms. The first kappa shape index (κ1) is 23.8. The molecule has 3 rings (SSSR count). The van der Waals surface area contributed by atoms with Crippen LogP contribution < -0.4 is 15.4 Å². The number of aromatic nitrogens is 3. The summed E-state index contributed by atoms with van der Waals surface area (Å²) < 4.78 is 14.7. The predicted molar refractivity (Wildman–Crippen MR) is 117 cm³/mol. The van der Waals surface area contributed by atoms with E-state index in [0.717, 1.165) is 5.56 Å². The molecule has 0 fully saturated rings. The Morgan fingerprint density at radius 3 is 2.52 bits per heavy atom. The van der Waals surface area contributed by atoms with Crippen LogP contribution in [0, 0.1) is 0 Å². The molecule has 0 radical (unpaired) electrons. The van der Waals surface area contributed by atoms with Crippen LogP contribution in [-0.4, -0.2) is 54.0 Å². The van der Waals surface area contributed by atoms with Gasteiger partial charge in [0.25, 0.3) is 0 Å². The number of anilines is 1. The lowest BCUT2D eigenvalue weighted by atomic mass is 10.1. The molecule has 0 saturated carbocycles. The number of benzene rings is 1. The average Bonchev–Trinajstić information content (AvgIpc) is 2.74. The first-order chi connectivity index (χ1) is 14.6. The summed E-state index contributed by atoms with van der Waals surface area (Å²) in [6.07, 6.45) is 0.817. The van der Waals surface area contributed by atoms with E-state index in [1.165, 1.54) is 7.11 Å². The smallest absolute Gasteiger partial charge is 0.432 e. The van der Waals surface area contributed by atoms with Crippen molar-refractivity contribution in [3.8, 4) is 17.0 Å². The van der Waals surface area contributed by atoms with Crippen molar-refractivity contribution in [1.29, 1.82) is 0 Å². The van der Waals surface area contributed by atoms with E-state index in [1.54, 1.807) is 42.6 Å². The Hall–Kier alpha value is -3.50. The Morgan fingerprint density at radius 2 is 1.81 bits per heavy atom. The number of amides is 2. The van der Waals surface area contributed by atoms with Gasteiger partial charge in [-0.15, -0.1) is 12.4 Å². The van der Waals surface area contributed by atoms with Gasteiger partial charge in [0.2, 0.25) is 0 Å². The van der Waals surface area contributed by atoms with Gasteiger partial charge in [0.1, 0.15) is 23.7 Å². The highest BCUT2D eigenvalue weighted by molar-refractivity contribution is 5.89. The fourth-order valence-electron chi connectivity index (χ4n) is 2.46. The molecular weight excluding hydrogens is 426 g/mol. The molecule has 0 aliphatic heterocycles. The third kappa shape index (κ3) is 6.76. The number of nitrogens with one attached hydrogen (secondary N) is 2. The summed E-state index contributed by atoms with van der Waals surface area (Å²) in [7, 11) is 1.51. The Morgan fingerprint density at radius 1 is 1.03 bits per heavy atom. The van der Waals surface area contributed by atoms with Gasteiger partial charge in [0.15, 0.2) is 5.65 Å². The first-order valence-corrected chi connectivity index (χ1v) is 9.21. The van der Waals surface area contributed by atoms with Crippen molar-refractivity contribution in [1.82, 2.24) is 20.3 Å². The molecule has 0 unspecified atom stereocenters. The summed E-state index contributed by atoms with van der Waals surface area (Å²) in [5, 5.41) is 5.28. The summed E-state index contributed by atoms with van der Waals surface area (Å²) in [5.74, 6) is 0.706. The van der Waals surface area contributed by atoms with E-state index in [2.05, 4.69) is 25.6 Å². The predicted octanol–water partition coefficient (Wildman–Crippen LogP) is 3.42. The molecule has 0 spiro atoms. The van der Waals surface area contributed by atoms with Crippen molar-refractivity contribution in [2.24, 2.45) is 0 Å². The summed E-state index contributed by atoms with van der Waals surface area (Å²) >= 11 is 0. The molecule has 2 N–H and O–H groups in total. The number of carbonyl (C=O) groups excluding carboxylic acids is 2. The van der Waals surface area contributed by atoms with Crippen LogP contribution in [0.2, 0.25) is 0 Å². The number of pyridine rings is 1. The Kier molecular flexibility index (Phi) is 8.92. The number of ether oxygens (including phenoxy) is 3. The monoisotopic (exact) mass is 447 g/mol. The van der Waals surface area contributed by atoms with Crippen LogP contribution in [0.15, 0.2) is 42.6 Å². The quantitative estimate of drug-likeness (QED) is 0.320. The van der Waals surface area contributed by atoms with Crippen LogP contribution in [0.5, 0.6) is 5.75 Å². The number of carbonyl (C=O) groups is 2. The van der Waals surface area contributed by atoms with Crippen LogP contribution in [0.1, 0.15) is 6.92 Å². The van der Waals surface area contributed by atoms with Gasteiger partial charge in [0, 0.05) is 19.2 Å². The molecule has 0 aliphatic carbocycles. The highest BCUT2D eigenvalue weighted by atomic mass is 35.5. The zero-order valence-electron chi connectivity index (χ0n) is 17.0. The molecule has 2 heterocycles. The molecule has 0 atom stereocenters. The zero-order valence-corrected chi connectivity index (χ0v) is 17.8. The van der Waals surface area contributed by atoms with E-state index in [0.29, 0.717) is 41.6 Å². The molecule has 2 aromatic heterocycles. The second kappa shape index (κ2) is 11.6. The minimum atomic E-state index is -0.804. The number of rotatable bonds is 7. The third-order valence-electron chi connectivity index (χ3n) is 3.84. The van der Waals surface area contributed by atoms with Gasteiger partial charge in [-0.05, 0) is 43.3 Å². The van der Waals surface area contributed by atoms with E-state index >= 15 is 0 Å². The average molecular weight is 448 g/mol. The normalized spacial score (nSPS) is 10.1. The molecule has 11 heteroatoms. The number of halogens is 1. The molecule has 3 aromatic rings. The SMILES string of the molecule is CCNC(=O)Nc1ccc2ncc(-c3ccc(OC(=O)OCCOC)cc3)nc2n1.Cl. The highest BCUT2D eigenvalue weighted by Crippen LogP contribution is 2.22. The maximum atomic E-state index is 11.7. The Balaban J connectivity index is 0.00000341. The topological polar surface area (TPSA) is 125 Å². The van der Waals surface area contributed by atoms with Gasteiger partial charge in [0.05, 0.1) is 18.5 Å². The third-order valence-corrected chi connectivity index (χ3v) is 3.84. The van der Waals surface area contributed by atoms with Gasteiger partial charge in [-0.3, -0.25) is 10.3 Å². The van der Waals surface area contributed by atoms with Crippen LogP contribution in [0.4, 0.5) is 15.4 Å². The lowest BCUT2D eigenvalue weighted by Gasteiger charge is -2.08. The van der Waals surface area contributed by atoms with E-state index in [4.69, 9.17) is 14.2 Å². The summed E-state index contributed by atoms with van der Waals surface area (Å²) in [5.41, 5.74) is 2.33. The first-order valence-electron chi connectivity index (χ1n) is 9.21. The molecule has 0 bridgehead atoms. The van der Waals surface area contributed by atoms with Crippen LogP contribution in [0.3, 0.4) is 0 Å². The van der Waals surface area contributed by atoms with E-state index in [9.17, 15) is 9.59 Å². The highest BCUT2D eigenvalue weighted by Gasteiger charge is 2.09. The molecule has 0 aliphatic rings. The second-order valence-electron chi connectivity index (χ2n) is 6.00. The number of urea groups is 1. The van der Waals surface area contributed by atoms with Crippen LogP contribution in [0.25, 0.3) is 22.4 Å². The summed E-state index contributed by atoms with van der Waals surface area (Å²) in [6.45, 7) is 2.74. The fraction of sp³-hybridized carbons (Fsp3) is 0.250. The Labute approximate surface area is 184 Å². The van der Waals surface area contributed by atoms with Gasteiger partial charge in [-0.2, -0.15) is 0 Å². The van der Waals surface area contributed by atoms with E-state index in [1.807, 2.05) is 6.92 Å². The van der Waals surface area contributed by atoms with Crippen molar-refractivity contribution in [3.63, 3.8) is 0 Å². The lowest BCUT2D eigenvalue weighted by Crippen LogP contribution is -2.28. The van der Waals surface area contributed by atoms with E-state index in [-0.39, 0.29) is 25.0 Å². The molecule has 2 amide bonds. The Bertz CT molecular complexity index is 1030. The zero-order chi connectivity index (χ0) is 21.3. The van der Waals surface area contributed by atoms with Crippen molar-refractivity contribution >= 4 is 41.6 Å². The number of fused-ring (bicyclic) bond motifs is 1. The molecular formula is C20H22ClN5O5. The maximum absolute atomic E-state index is 11.7. The van der Waals surface area contributed by atoms with Crippen LogP contribution in [-0.2, 0) is 9.47 Å². The number of hydrogen-bond acceptors (Lipinski definition) is 8. The van der Waals surface area contributed by atoms with Crippen LogP contribution >= 0.6 is 12.4 Å². The van der Waals surface area contributed by atoms with Gasteiger partial charge in [-0.25, -0.2) is 19.6 Å². The van der Waals surface area contributed by atoms with E-state index < -0.39 is 6.16 Å². The number of methoxy groups -OCH3 is 1. The number of nitrogens with zero attached hydrogens (tertiary/aromatic N) is 3. The lowest BCUT2D eigenvalue weighted by molar-refractivity contribution is 0.0685. The molecule has 164 valence electrons.